The van der Waals surface area contributed by atoms with E-state index in [-0.39, 0.29) is 18.0 Å². The fourth-order valence-electron chi connectivity index (χ4n) is 4.35. The van der Waals surface area contributed by atoms with Gasteiger partial charge in [0, 0.05) is 5.69 Å². The lowest BCUT2D eigenvalue weighted by Crippen LogP contribution is -2.41. The molecular formula is C26H24F3NO5. The van der Waals surface area contributed by atoms with Crippen LogP contribution in [0, 0.1) is 0 Å². The van der Waals surface area contributed by atoms with Gasteiger partial charge in [-0.05, 0) is 59.2 Å². The Balaban J connectivity index is 1.97. The highest BCUT2D eigenvalue weighted by Gasteiger charge is 2.38. The summed E-state index contributed by atoms with van der Waals surface area (Å²) in [6, 6.07) is 12.6. The summed E-state index contributed by atoms with van der Waals surface area (Å²) in [7, 11) is 5.98. The molecule has 0 radical (unpaired) electrons. The third-order valence-corrected chi connectivity index (χ3v) is 5.98. The quantitative estimate of drug-likeness (QED) is 0.465. The molecule has 0 N–H and O–H groups in total. The van der Waals surface area contributed by atoms with Crippen LogP contribution in [-0.4, -0.2) is 34.3 Å². The van der Waals surface area contributed by atoms with E-state index in [1.807, 2.05) is 0 Å². The summed E-state index contributed by atoms with van der Waals surface area (Å²) in [5.41, 5.74) is 1.31. The van der Waals surface area contributed by atoms with Crippen molar-refractivity contribution in [3.05, 3.63) is 76.9 Å². The summed E-state index contributed by atoms with van der Waals surface area (Å²) < 4.78 is 62.1. The molecule has 0 spiro atoms. The molecule has 6 nitrogen and oxygen atoms in total. The smallest absolute Gasteiger partial charge is 0.416 e. The van der Waals surface area contributed by atoms with Crippen molar-refractivity contribution in [2.75, 3.05) is 33.3 Å². The van der Waals surface area contributed by atoms with Gasteiger partial charge < -0.3 is 23.8 Å². The average molecular weight is 487 g/mol. The molecule has 1 heterocycles. The Morgan fingerprint density at radius 2 is 1.43 bits per heavy atom. The zero-order chi connectivity index (χ0) is 25.3. The molecule has 0 bridgehead atoms. The van der Waals surface area contributed by atoms with Crippen LogP contribution in [0.4, 0.5) is 18.9 Å². The summed E-state index contributed by atoms with van der Waals surface area (Å²) in [6.45, 7) is 0. The maximum Gasteiger partial charge on any atom is 0.416 e. The van der Waals surface area contributed by atoms with E-state index >= 15 is 0 Å². The molecule has 9 heteroatoms. The standard InChI is InChI=1S/C26H24F3NO5/c1-32-20-9-8-15(10-21(20)33-2)25-19-14-23(35-4)22(34-3)11-16(19)12-24(31)30(25)18-7-5-6-17(13-18)26(27,28)29/h5-11,13-14,25H,12H2,1-4H3/t25-/m1/s1. The first-order chi connectivity index (χ1) is 16.7. The van der Waals surface area contributed by atoms with Crippen LogP contribution in [0.3, 0.4) is 0 Å². The predicted molar refractivity (Wildman–Crippen MR) is 124 cm³/mol. The van der Waals surface area contributed by atoms with Gasteiger partial charge in [-0.25, -0.2) is 0 Å². The first kappa shape index (κ1) is 24.3. The third kappa shape index (κ3) is 4.45. The van der Waals surface area contributed by atoms with Crippen molar-refractivity contribution in [1.82, 2.24) is 0 Å². The van der Waals surface area contributed by atoms with Crippen molar-refractivity contribution in [3.63, 3.8) is 0 Å². The summed E-state index contributed by atoms with van der Waals surface area (Å²) in [6.07, 6.45) is -4.57. The number of hydrogen-bond donors (Lipinski definition) is 0. The lowest BCUT2D eigenvalue weighted by molar-refractivity contribution is -0.137. The van der Waals surface area contributed by atoms with Crippen molar-refractivity contribution >= 4 is 11.6 Å². The van der Waals surface area contributed by atoms with E-state index in [2.05, 4.69) is 0 Å². The van der Waals surface area contributed by atoms with E-state index in [4.69, 9.17) is 18.9 Å². The minimum absolute atomic E-state index is 0.0181. The molecule has 184 valence electrons. The highest BCUT2D eigenvalue weighted by Crippen LogP contribution is 2.45. The molecule has 0 saturated carbocycles. The van der Waals surface area contributed by atoms with Crippen molar-refractivity contribution < 1.29 is 36.9 Å². The number of rotatable bonds is 6. The Kier molecular flexibility index (Phi) is 6.51. The van der Waals surface area contributed by atoms with Gasteiger partial charge in [-0.15, -0.1) is 0 Å². The second-order valence-corrected chi connectivity index (χ2v) is 7.91. The maximum atomic E-state index is 13.5. The van der Waals surface area contributed by atoms with Crippen LogP contribution in [0.25, 0.3) is 0 Å². The number of fused-ring (bicyclic) bond motifs is 1. The summed E-state index contributed by atoms with van der Waals surface area (Å²) in [5, 5.41) is 0. The number of ether oxygens (including phenoxy) is 4. The topological polar surface area (TPSA) is 57.2 Å². The van der Waals surface area contributed by atoms with Gasteiger partial charge in [0.1, 0.15) is 0 Å². The number of halogens is 3. The molecule has 0 aromatic heterocycles. The van der Waals surface area contributed by atoms with Crippen LogP contribution in [0.15, 0.2) is 54.6 Å². The number of carbonyl (C=O) groups excluding carboxylic acids is 1. The molecule has 1 amide bonds. The van der Waals surface area contributed by atoms with Crippen LogP contribution in [0.2, 0.25) is 0 Å². The normalized spacial score (nSPS) is 15.5. The Hall–Kier alpha value is -3.88. The largest absolute Gasteiger partial charge is 0.493 e. The predicted octanol–water partition coefficient (Wildman–Crippen LogP) is 5.42. The molecule has 0 saturated heterocycles. The van der Waals surface area contributed by atoms with Crippen LogP contribution in [0.1, 0.15) is 28.3 Å². The van der Waals surface area contributed by atoms with Gasteiger partial charge in [0.25, 0.3) is 0 Å². The van der Waals surface area contributed by atoms with E-state index in [0.717, 1.165) is 12.1 Å². The second-order valence-electron chi connectivity index (χ2n) is 7.91. The number of methoxy groups -OCH3 is 4. The zero-order valence-electron chi connectivity index (χ0n) is 19.6. The van der Waals surface area contributed by atoms with Crippen molar-refractivity contribution in [3.8, 4) is 23.0 Å². The van der Waals surface area contributed by atoms with E-state index in [1.54, 1.807) is 30.3 Å². The summed E-state index contributed by atoms with van der Waals surface area (Å²) in [5.74, 6) is 1.45. The van der Waals surface area contributed by atoms with Gasteiger partial charge in [-0.3, -0.25) is 4.79 Å². The molecular weight excluding hydrogens is 463 g/mol. The van der Waals surface area contributed by atoms with Gasteiger partial charge >= 0.3 is 6.18 Å². The average Bonchev–Trinajstić information content (AvgIpc) is 2.86. The van der Waals surface area contributed by atoms with E-state index < -0.39 is 17.8 Å². The Morgan fingerprint density at radius 3 is 2.06 bits per heavy atom. The molecule has 3 aromatic rings. The molecule has 4 rings (SSSR count). The number of hydrogen-bond acceptors (Lipinski definition) is 5. The number of carbonyl (C=O) groups is 1. The van der Waals surface area contributed by atoms with Crippen molar-refractivity contribution in [1.29, 1.82) is 0 Å². The van der Waals surface area contributed by atoms with Crippen LogP contribution in [0.5, 0.6) is 23.0 Å². The number of alkyl halides is 3. The second kappa shape index (κ2) is 9.40. The van der Waals surface area contributed by atoms with Gasteiger partial charge in [0.05, 0.1) is 46.5 Å². The minimum atomic E-state index is -4.55. The number of amides is 1. The molecule has 0 unspecified atom stereocenters. The molecule has 0 aliphatic carbocycles. The number of anilines is 1. The molecule has 35 heavy (non-hydrogen) atoms. The van der Waals surface area contributed by atoms with Crippen LogP contribution < -0.4 is 23.8 Å². The Labute approximate surface area is 200 Å². The van der Waals surface area contributed by atoms with Gasteiger partial charge in [0.15, 0.2) is 23.0 Å². The maximum absolute atomic E-state index is 13.5. The number of benzene rings is 3. The van der Waals surface area contributed by atoms with Gasteiger partial charge in [-0.1, -0.05) is 12.1 Å². The first-order valence-electron chi connectivity index (χ1n) is 10.7. The molecule has 3 aromatic carbocycles. The monoisotopic (exact) mass is 487 g/mol. The molecule has 1 aliphatic heterocycles. The third-order valence-electron chi connectivity index (χ3n) is 5.98. The highest BCUT2D eigenvalue weighted by atomic mass is 19.4. The molecule has 1 aliphatic rings. The summed E-state index contributed by atoms with van der Waals surface area (Å²) in [4.78, 5) is 14.8. The summed E-state index contributed by atoms with van der Waals surface area (Å²) >= 11 is 0. The van der Waals surface area contributed by atoms with Crippen molar-refractivity contribution in [2.45, 2.75) is 18.6 Å². The van der Waals surface area contributed by atoms with E-state index in [9.17, 15) is 18.0 Å². The highest BCUT2D eigenvalue weighted by molar-refractivity contribution is 5.98. The van der Waals surface area contributed by atoms with Crippen LogP contribution in [-0.2, 0) is 17.4 Å². The zero-order valence-corrected chi connectivity index (χ0v) is 19.6. The van der Waals surface area contributed by atoms with Gasteiger partial charge in [-0.2, -0.15) is 13.2 Å². The van der Waals surface area contributed by atoms with E-state index in [1.165, 1.54) is 45.5 Å². The van der Waals surface area contributed by atoms with E-state index in [0.29, 0.717) is 39.7 Å². The molecule has 0 fully saturated rings. The first-order valence-corrected chi connectivity index (χ1v) is 10.7. The SMILES string of the molecule is COc1ccc([C@@H]2c3cc(OC)c(OC)cc3CC(=O)N2c2cccc(C(F)(F)F)c2)cc1OC. The fraction of sp³-hybridized carbons (Fsp3) is 0.269. The fourth-order valence-corrected chi connectivity index (χ4v) is 4.35. The Morgan fingerprint density at radius 1 is 0.800 bits per heavy atom. The van der Waals surface area contributed by atoms with Gasteiger partial charge in [0.2, 0.25) is 5.91 Å². The minimum Gasteiger partial charge on any atom is -0.493 e. The van der Waals surface area contributed by atoms with Crippen molar-refractivity contribution in [2.24, 2.45) is 0 Å². The molecule has 1 atom stereocenters. The lowest BCUT2D eigenvalue weighted by Gasteiger charge is -2.38. The van der Waals surface area contributed by atoms with Crippen LogP contribution >= 0.6 is 0 Å². The number of nitrogens with zero attached hydrogens (tertiary/aromatic N) is 1. The Bertz CT molecular complexity index is 1260. The lowest BCUT2D eigenvalue weighted by atomic mass is 9.86.